The van der Waals surface area contributed by atoms with Crippen molar-refractivity contribution in [3.63, 3.8) is 0 Å². The standard InChI is InChI=1S/C14H25NO4S/c1-19-14(16)13(10-15-12-4-2-3-5-12)11-6-8-20(17,18)9-7-11/h11-13,15H,2-10H2,1H3. The van der Waals surface area contributed by atoms with Crippen molar-refractivity contribution in [3.05, 3.63) is 0 Å². The van der Waals surface area contributed by atoms with Gasteiger partial charge in [0.15, 0.2) is 0 Å². The number of carbonyl (C=O) groups is 1. The summed E-state index contributed by atoms with van der Waals surface area (Å²) in [4.78, 5) is 12.0. The molecule has 116 valence electrons. The first-order chi connectivity index (χ1) is 9.52. The van der Waals surface area contributed by atoms with E-state index in [-0.39, 0.29) is 29.3 Å². The predicted molar refractivity (Wildman–Crippen MR) is 77.1 cm³/mol. The van der Waals surface area contributed by atoms with Gasteiger partial charge in [-0.1, -0.05) is 12.8 Å². The topological polar surface area (TPSA) is 72.5 Å². The molecule has 1 N–H and O–H groups in total. The Morgan fingerprint density at radius 3 is 2.35 bits per heavy atom. The number of sulfone groups is 1. The highest BCUT2D eigenvalue weighted by Gasteiger charge is 2.34. The van der Waals surface area contributed by atoms with E-state index in [4.69, 9.17) is 4.74 Å². The first-order valence-corrected chi connectivity index (χ1v) is 9.35. The lowest BCUT2D eigenvalue weighted by Gasteiger charge is -2.29. The van der Waals surface area contributed by atoms with E-state index in [1.165, 1.54) is 32.8 Å². The molecule has 2 aliphatic rings. The third-order valence-electron chi connectivity index (χ3n) is 4.65. The molecular formula is C14H25NO4S. The van der Waals surface area contributed by atoms with Gasteiger partial charge in [0.25, 0.3) is 0 Å². The Labute approximate surface area is 121 Å². The number of methoxy groups -OCH3 is 1. The van der Waals surface area contributed by atoms with Gasteiger partial charge in [-0.3, -0.25) is 4.79 Å². The smallest absolute Gasteiger partial charge is 0.310 e. The van der Waals surface area contributed by atoms with Gasteiger partial charge in [-0.05, 0) is 31.6 Å². The number of nitrogens with one attached hydrogen (secondary N) is 1. The predicted octanol–water partition coefficient (Wildman–Crippen LogP) is 1.13. The van der Waals surface area contributed by atoms with Crippen LogP contribution in [0.1, 0.15) is 38.5 Å². The van der Waals surface area contributed by atoms with Crippen molar-refractivity contribution in [1.29, 1.82) is 0 Å². The van der Waals surface area contributed by atoms with E-state index in [9.17, 15) is 13.2 Å². The zero-order valence-electron chi connectivity index (χ0n) is 12.1. The van der Waals surface area contributed by atoms with Crippen LogP contribution in [-0.4, -0.2) is 45.6 Å². The van der Waals surface area contributed by atoms with Gasteiger partial charge in [0, 0.05) is 12.6 Å². The summed E-state index contributed by atoms with van der Waals surface area (Å²) in [6, 6.07) is 0.509. The molecular weight excluding hydrogens is 278 g/mol. The van der Waals surface area contributed by atoms with Crippen molar-refractivity contribution in [3.8, 4) is 0 Å². The molecule has 1 saturated carbocycles. The van der Waals surface area contributed by atoms with E-state index in [2.05, 4.69) is 5.32 Å². The summed E-state index contributed by atoms with van der Waals surface area (Å²) in [5, 5.41) is 3.46. The zero-order valence-corrected chi connectivity index (χ0v) is 13.0. The maximum atomic E-state index is 12.0. The minimum absolute atomic E-state index is 0.125. The van der Waals surface area contributed by atoms with E-state index in [1.54, 1.807) is 0 Å². The molecule has 5 nitrogen and oxygen atoms in total. The fraction of sp³-hybridized carbons (Fsp3) is 0.929. The first-order valence-electron chi connectivity index (χ1n) is 7.53. The van der Waals surface area contributed by atoms with Gasteiger partial charge in [0.1, 0.15) is 9.84 Å². The average molecular weight is 303 g/mol. The molecule has 2 rings (SSSR count). The average Bonchev–Trinajstić information content (AvgIpc) is 2.93. The van der Waals surface area contributed by atoms with Crippen LogP contribution in [0.25, 0.3) is 0 Å². The van der Waals surface area contributed by atoms with Crippen LogP contribution >= 0.6 is 0 Å². The van der Waals surface area contributed by atoms with E-state index in [0.29, 0.717) is 25.4 Å². The summed E-state index contributed by atoms with van der Waals surface area (Å²) in [5.74, 6) is 0.110. The summed E-state index contributed by atoms with van der Waals surface area (Å²) in [6.45, 7) is 0.613. The maximum absolute atomic E-state index is 12.0. The Balaban J connectivity index is 1.91. The normalized spacial score (nSPS) is 25.4. The second kappa shape index (κ2) is 6.89. The summed E-state index contributed by atoms with van der Waals surface area (Å²) in [7, 11) is -1.48. The van der Waals surface area contributed by atoms with Gasteiger partial charge >= 0.3 is 5.97 Å². The lowest BCUT2D eigenvalue weighted by molar-refractivity contribution is -0.147. The van der Waals surface area contributed by atoms with Crippen LogP contribution in [0.2, 0.25) is 0 Å². The van der Waals surface area contributed by atoms with Crippen LogP contribution in [0, 0.1) is 11.8 Å². The highest BCUT2D eigenvalue weighted by atomic mass is 32.2. The molecule has 1 aliphatic carbocycles. The lowest BCUT2D eigenvalue weighted by Crippen LogP contribution is -2.41. The van der Waals surface area contributed by atoms with Gasteiger partial charge in [-0.25, -0.2) is 8.42 Å². The zero-order chi connectivity index (χ0) is 14.6. The Morgan fingerprint density at radius 2 is 1.80 bits per heavy atom. The molecule has 20 heavy (non-hydrogen) atoms. The van der Waals surface area contributed by atoms with Crippen molar-refractivity contribution in [2.45, 2.75) is 44.6 Å². The second-order valence-electron chi connectivity index (χ2n) is 6.01. The number of rotatable bonds is 5. The van der Waals surface area contributed by atoms with Gasteiger partial charge in [-0.15, -0.1) is 0 Å². The molecule has 0 aromatic rings. The van der Waals surface area contributed by atoms with Crippen LogP contribution in [0.4, 0.5) is 0 Å². The van der Waals surface area contributed by atoms with Gasteiger partial charge in [0.05, 0.1) is 24.5 Å². The summed E-state index contributed by atoms with van der Waals surface area (Å²) in [5.41, 5.74) is 0. The van der Waals surface area contributed by atoms with Crippen LogP contribution in [-0.2, 0) is 19.4 Å². The van der Waals surface area contributed by atoms with Crippen molar-refractivity contribution >= 4 is 15.8 Å². The third kappa shape index (κ3) is 4.19. The van der Waals surface area contributed by atoms with Gasteiger partial charge in [-0.2, -0.15) is 0 Å². The summed E-state index contributed by atoms with van der Waals surface area (Å²) >= 11 is 0. The molecule has 0 bridgehead atoms. The Hall–Kier alpha value is -0.620. The minimum atomic E-state index is -2.88. The van der Waals surface area contributed by atoms with Crippen LogP contribution < -0.4 is 5.32 Å². The largest absolute Gasteiger partial charge is 0.469 e. The number of hydrogen-bond donors (Lipinski definition) is 1. The lowest BCUT2D eigenvalue weighted by atomic mass is 9.87. The summed E-state index contributed by atoms with van der Waals surface area (Å²) < 4.78 is 27.9. The van der Waals surface area contributed by atoms with Crippen LogP contribution in [0.3, 0.4) is 0 Å². The highest BCUT2D eigenvalue weighted by molar-refractivity contribution is 7.91. The molecule has 6 heteroatoms. The number of esters is 1. The first kappa shape index (κ1) is 15.8. The number of ether oxygens (including phenoxy) is 1. The molecule has 2 fully saturated rings. The molecule has 0 radical (unpaired) electrons. The molecule has 0 spiro atoms. The fourth-order valence-electron chi connectivity index (χ4n) is 3.33. The molecule has 0 aromatic carbocycles. The molecule has 1 heterocycles. The van der Waals surface area contributed by atoms with Crippen molar-refractivity contribution < 1.29 is 17.9 Å². The van der Waals surface area contributed by atoms with Crippen molar-refractivity contribution in [2.24, 2.45) is 11.8 Å². The van der Waals surface area contributed by atoms with E-state index < -0.39 is 9.84 Å². The minimum Gasteiger partial charge on any atom is -0.469 e. The second-order valence-corrected chi connectivity index (χ2v) is 8.31. The molecule has 1 unspecified atom stereocenters. The highest BCUT2D eigenvalue weighted by Crippen LogP contribution is 2.27. The quantitative estimate of drug-likeness (QED) is 0.771. The number of hydrogen-bond acceptors (Lipinski definition) is 5. The monoisotopic (exact) mass is 303 g/mol. The Kier molecular flexibility index (Phi) is 5.43. The molecule has 1 atom stereocenters. The third-order valence-corrected chi connectivity index (χ3v) is 6.37. The molecule has 0 aromatic heterocycles. The van der Waals surface area contributed by atoms with Crippen molar-refractivity contribution in [2.75, 3.05) is 25.2 Å². The van der Waals surface area contributed by atoms with Crippen molar-refractivity contribution in [1.82, 2.24) is 5.32 Å². The SMILES string of the molecule is COC(=O)C(CNC1CCCC1)C1CCS(=O)(=O)CC1. The van der Waals surface area contributed by atoms with E-state index in [0.717, 1.165) is 0 Å². The Morgan fingerprint density at radius 1 is 1.20 bits per heavy atom. The molecule has 0 amide bonds. The van der Waals surface area contributed by atoms with Gasteiger partial charge in [0.2, 0.25) is 0 Å². The van der Waals surface area contributed by atoms with Gasteiger partial charge < -0.3 is 10.1 Å². The summed E-state index contributed by atoms with van der Waals surface area (Å²) in [6.07, 6.45) is 6.01. The maximum Gasteiger partial charge on any atom is 0.310 e. The Bertz CT molecular complexity index is 414. The van der Waals surface area contributed by atoms with Crippen LogP contribution in [0.5, 0.6) is 0 Å². The van der Waals surface area contributed by atoms with E-state index in [1.807, 2.05) is 0 Å². The molecule has 1 saturated heterocycles. The van der Waals surface area contributed by atoms with Crippen LogP contribution in [0.15, 0.2) is 0 Å². The van der Waals surface area contributed by atoms with E-state index >= 15 is 0 Å². The fourth-order valence-corrected chi connectivity index (χ4v) is 4.86. The molecule has 1 aliphatic heterocycles. The number of carbonyl (C=O) groups excluding carboxylic acids is 1.